The lowest BCUT2D eigenvalue weighted by Crippen LogP contribution is -2.43. The maximum atomic E-state index is 12.6. The van der Waals surface area contributed by atoms with Crippen LogP contribution in [0.25, 0.3) is 0 Å². The molecule has 1 fully saturated rings. The van der Waals surface area contributed by atoms with E-state index < -0.39 is 6.36 Å². The zero-order chi connectivity index (χ0) is 21.1. The fraction of sp³-hybridized carbons (Fsp3) is 0.348. The summed E-state index contributed by atoms with van der Waals surface area (Å²) >= 11 is 0. The molecule has 4 nitrogen and oxygen atoms in total. The van der Waals surface area contributed by atoms with Gasteiger partial charge in [0.15, 0.2) is 0 Å². The minimum absolute atomic E-state index is 0.0309. The van der Waals surface area contributed by atoms with Gasteiger partial charge in [-0.15, -0.1) is 13.2 Å². The molecule has 158 valence electrons. The third kappa shape index (κ3) is 4.96. The third-order valence-corrected chi connectivity index (χ3v) is 5.45. The maximum absolute atomic E-state index is 12.6. The van der Waals surface area contributed by atoms with Crippen LogP contribution in [0.15, 0.2) is 66.2 Å². The molecule has 0 radical (unpaired) electrons. The highest BCUT2D eigenvalue weighted by Gasteiger charge is 2.40. The van der Waals surface area contributed by atoms with Crippen LogP contribution in [0.4, 0.5) is 18.0 Å². The molecule has 2 aliphatic rings. The second kappa shape index (κ2) is 8.42. The summed E-state index contributed by atoms with van der Waals surface area (Å²) in [5.74, 6) is -0.217. The zero-order valence-electron chi connectivity index (χ0n) is 16.3. The van der Waals surface area contributed by atoms with Crippen molar-refractivity contribution in [3.8, 4) is 5.75 Å². The highest BCUT2D eigenvalue weighted by molar-refractivity contribution is 5.70. The third-order valence-electron chi connectivity index (χ3n) is 5.45. The average Bonchev–Trinajstić information content (AvgIpc) is 2.97. The van der Waals surface area contributed by atoms with E-state index in [1.807, 2.05) is 30.3 Å². The number of amides is 1. The van der Waals surface area contributed by atoms with Crippen LogP contribution in [0.5, 0.6) is 5.75 Å². The average molecular weight is 417 g/mol. The number of carbonyl (C=O) groups excluding carboxylic acids is 1. The van der Waals surface area contributed by atoms with Crippen LogP contribution in [0.3, 0.4) is 0 Å². The molecule has 0 N–H and O–H groups in total. The van der Waals surface area contributed by atoms with Crippen LogP contribution in [0.2, 0.25) is 0 Å². The van der Waals surface area contributed by atoms with Crippen LogP contribution in [0.1, 0.15) is 30.4 Å². The van der Waals surface area contributed by atoms with Crippen molar-refractivity contribution in [3.63, 3.8) is 0 Å². The summed E-state index contributed by atoms with van der Waals surface area (Å²) in [5.41, 5.74) is 2.81. The monoisotopic (exact) mass is 417 g/mol. The van der Waals surface area contributed by atoms with E-state index in [2.05, 4.69) is 10.8 Å². The fourth-order valence-electron chi connectivity index (χ4n) is 4.24. The molecule has 0 aliphatic carbocycles. The SMILES string of the molecule is O=C(OCc1ccccc1)N1C2C=C(Cc3cccc(OC(F)(F)F)c3)CC1CC2. The summed E-state index contributed by atoms with van der Waals surface area (Å²) in [5, 5.41) is 0. The topological polar surface area (TPSA) is 38.8 Å². The van der Waals surface area contributed by atoms with Crippen molar-refractivity contribution in [2.24, 2.45) is 0 Å². The molecule has 2 heterocycles. The largest absolute Gasteiger partial charge is 0.573 e. The van der Waals surface area contributed by atoms with Gasteiger partial charge in [-0.3, -0.25) is 4.90 Å². The highest BCUT2D eigenvalue weighted by Crippen LogP contribution is 2.37. The number of hydrogen-bond acceptors (Lipinski definition) is 3. The van der Waals surface area contributed by atoms with Gasteiger partial charge in [0.05, 0.1) is 6.04 Å². The van der Waals surface area contributed by atoms with Crippen molar-refractivity contribution in [2.75, 3.05) is 0 Å². The summed E-state index contributed by atoms with van der Waals surface area (Å²) in [6.07, 6.45) is 0.0273. The molecule has 0 saturated carbocycles. The smallest absolute Gasteiger partial charge is 0.445 e. The van der Waals surface area contributed by atoms with Gasteiger partial charge < -0.3 is 9.47 Å². The lowest BCUT2D eigenvalue weighted by molar-refractivity contribution is -0.274. The Bertz CT molecular complexity index is 927. The summed E-state index contributed by atoms with van der Waals surface area (Å²) in [7, 11) is 0. The first-order chi connectivity index (χ1) is 14.4. The van der Waals surface area contributed by atoms with Crippen LogP contribution in [0, 0.1) is 0 Å². The first-order valence-electron chi connectivity index (χ1n) is 9.91. The number of hydrogen-bond donors (Lipinski definition) is 0. The minimum Gasteiger partial charge on any atom is -0.445 e. The summed E-state index contributed by atoms with van der Waals surface area (Å²) in [4.78, 5) is 14.4. The van der Waals surface area contributed by atoms with Gasteiger partial charge in [0.2, 0.25) is 0 Å². The van der Waals surface area contributed by atoms with E-state index >= 15 is 0 Å². The normalized spacial score (nSPS) is 20.6. The Morgan fingerprint density at radius 1 is 1.03 bits per heavy atom. The standard InChI is InChI=1S/C23H22F3NO3/c24-23(25,26)30-21-8-4-7-17(14-21)11-18-12-19-9-10-20(13-18)27(19)22(28)29-15-16-5-2-1-3-6-16/h1-8,12,14,19-20H,9-11,13,15H2. The Morgan fingerprint density at radius 3 is 2.53 bits per heavy atom. The lowest BCUT2D eigenvalue weighted by Gasteiger charge is -2.33. The summed E-state index contributed by atoms with van der Waals surface area (Å²) in [6, 6.07) is 15.6. The van der Waals surface area contributed by atoms with E-state index in [1.54, 1.807) is 17.0 Å². The maximum Gasteiger partial charge on any atom is 0.573 e. The number of fused-ring (bicyclic) bond motifs is 2. The Labute approximate surface area is 172 Å². The molecule has 4 rings (SSSR count). The Balaban J connectivity index is 1.39. The predicted molar refractivity (Wildman–Crippen MR) is 105 cm³/mol. The van der Waals surface area contributed by atoms with E-state index in [9.17, 15) is 18.0 Å². The number of nitrogens with zero attached hydrogens (tertiary/aromatic N) is 1. The zero-order valence-corrected chi connectivity index (χ0v) is 16.3. The number of ether oxygens (including phenoxy) is 2. The molecule has 2 unspecified atom stereocenters. The molecule has 1 amide bonds. The number of halogens is 3. The van der Waals surface area contributed by atoms with Gasteiger partial charge in [0, 0.05) is 6.04 Å². The molecule has 1 saturated heterocycles. The van der Waals surface area contributed by atoms with Crippen LogP contribution in [-0.2, 0) is 17.8 Å². The van der Waals surface area contributed by atoms with E-state index in [1.165, 1.54) is 12.1 Å². The van der Waals surface area contributed by atoms with E-state index in [4.69, 9.17) is 4.74 Å². The van der Waals surface area contributed by atoms with Gasteiger partial charge in [0.25, 0.3) is 0 Å². The van der Waals surface area contributed by atoms with Gasteiger partial charge in [-0.1, -0.05) is 54.1 Å². The van der Waals surface area contributed by atoms with Crippen LogP contribution < -0.4 is 4.74 Å². The van der Waals surface area contributed by atoms with Gasteiger partial charge in [-0.2, -0.15) is 0 Å². The summed E-state index contributed by atoms with van der Waals surface area (Å²) < 4.78 is 46.9. The number of alkyl halides is 3. The van der Waals surface area contributed by atoms with Crippen molar-refractivity contribution in [1.82, 2.24) is 4.90 Å². The second-order valence-electron chi connectivity index (χ2n) is 7.65. The van der Waals surface area contributed by atoms with Crippen molar-refractivity contribution >= 4 is 6.09 Å². The molecule has 0 spiro atoms. The Morgan fingerprint density at radius 2 is 1.80 bits per heavy atom. The molecular weight excluding hydrogens is 395 g/mol. The number of carbonyl (C=O) groups is 1. The van der Waals surface area contributed by atoms with Crippen molar-refractivity contribution in [3.05, 3.63) is 77.4 Å². The molecule has 2 atom stereocenters. The molecular formula is C23H22F3NO3. The van der Waals surface area contributed by atoms with Gasteiger partial charge >= 0.3 is 12.5 Å². The van der Waals surface area contributed by atoms with Gasteiger partial charge in [-0.25, -0.2) is 4.79 Å². The molecule has 2 aliphatic heterocycles. The highest BCUT2D eigenvalue weighted by atomic mass is 19.4. The second-order valence-corrected chi connectivity index (χ2v) is 7.65. The molecule has 0 aromatic heterocycles. The first kappa shape index (κ1) is 20.3. The molecule has 2 bridgehead atoms. The minimum atomic E-state index is -4.71. The predicted octanol–water partition coefficient (Wildman–Crippen LogP) is 5.63. The Hall–Kier alpha value is -2.96. The van der Waals surface area contributed by atoms with Crippen molar-refractivity contribution in [1.29, 1.82) is 0 Å². The lowest BCUT2D eigenvalue weighted by atomic mass is 9.95. The van der Waals surface area contributed by atoms with Crippen molar-refractivity contribution < 1.29 is 27.4 Å². The molecule has 30 heavy (non-hydrogen) atoms. The van der Waals surface area contributed by atoms with Crippen LogP contribution in [-0.4, -0.2) is 29.4 Å². The van der Waals surface area contributed by atoms with E-state index in [0.29, 0.717) is 12.8 Å². The van der Waals surface area contributed by atoms with Crippen LogP contribution >= 0.6 is 0 Å². The van der Waals surface area contributed by atoms with E-state index in [-0.39, 0.29) is 30.5 Å². The van der Waals surface area contributed by atoms with E-state index in [0.717, 1.165) is 29.5 Å². The van der Waals surface area contributed by atoms with Crippen molar-refractivity contribution in [2.45, 2.75) is 50.7 Å². The summed E-state index contributed by atoms with van der Waals surface area (Å²) in [6.45, 7) is 0.234. The van der Waals surface area contributed by atoms with Gasteiger partial charge in [-0.05, 0) is 48.9 Å². The quantitative estimate of drug-likeness (QED) is 0.592. The number of benzene rings is 2. The Kier molecular flexibility index (Phi) is 5.70. The first-order valence-corrected chi connectivity index (χ1v) is 9.91. The molecule has 2 aromatic carbocycles. The molecule has 7 heteroatoms. The molecule has 2 aromatic rings. The number of rotatable bonds is 5. The van der Waals surface area contributed by atoms with Gasteiger partial charge in [0.1, 0.15) is 12.4 Å². The fourth-order valence-corrected chi connectivity index (χ4v) is 4.24.